The summed E-state index contributed by atoms with van der Waals surface area (Å²) in [5, 5.41) is 0. The number of rotatable bonds is 6. The lowest BCUT2D eigenvalue weighted by Gasteiger charge is -2.10. The largest absolute Gasteiger partial charge is 0.494 e. The van der Waals surface area contributed by atoms with Crippen molar-refractivity contribution in [1.29, 1.82) is 0 Å². The van der Waals surface area contributed by atoms with Crippen LogP contribution < -0.4 is 10.5 Å². The second-order valence-electron chi connectivity index (χ2n) is 3.26. The second-order valence-corrected chi connectivity index (χ2v) is 3.26. The Hall–Kier alpha value is -1.75. The van der Waals surface area contributed by atoms with Crippen LogP contribution in [0.15, 0.2) is 18.2 Å². The molecule has 1 aromatic carbocycles. The standard InChI is InChI=1S/C12H17NO4/c1-3-16-7-8-17-12(14)9-5-4-6-10(13)11(9)15-2/h4-6H,3,7-8,13H2,1-2H3. The van der Waals surface area contributed by atoms with Crippen molar-refractivity contribution < 1.29 is 19.0 Å². The van der Waals surface area contributed by atoms with E-state index >= 15 is 0 Å². The predicted octanol–water partition coefficient (Wildman–Crippen LogP) is 1.47. The monoisotopic (exact) mass is 239 g/mol. The van der Waals surface area contributed by atoms with Crippen LogP contribution in [0.2, 0.25) is 0 Å². The lowest BCUT2D eigenvalue weighted by Crippen LogP contribution is -2.12. The Labute approximate surface area is 100 Å². The molecule has 0 aliphatic heterocycles. The van der Waals surface area contributed by atoms with Crippen LogP contribution in [0.25, 0.3) is 0 Å². The molecular formula is C12H17NO4. The number of ether oxygens (including phenoxy) is 3. The zero-order chi connectivity index (χ0) is 12.7. The van der Waals surface area contributed by atoms with Crippen molar-refractivity contribution in [3.8, 4) is 5.75 Å². The van der Waals surface area contributed by atoms with Crippen LogP contribution in [0, 0.1) is 0 Å². The average molecular weight is 239 g/mol. The summed E-state index contributed by atoms with van der Waals surface area (Å²) < 4.78 is 15.2. The van der Waals surface area contributed by atoms with E-state index in [4.69, 9.17) is 19.9 Å². The van der Waals surface area contributed by atoms with Crippen molar-refractivity contribution in [3.05, 3.63) is 23.8 Å². The Bertz CT molecular complexity index is 379. The SMILES string of the molecule is CCOCCOC(=O)c1cccc(N)c1OC. The van der Waals surface area contributed by atoms with Gasteiger partial charge in [0.05, 0.1) is 19.4 Å². The molecule has 0 atom stereocenters. The van der Waals surface area contributed by atoms with Gasteiger partial charge in [-0.3, -0.25) is 0 Å². The summed E-state index contributed by atoms with van der Waals surface area (Å²) in [7, 11) is 1.46. The molecule has 0 saturated heterocycles. The first-order valence-electron chi connectivity index (χ1n) is 5.38. The highest BCUT2D eigenvalue weighted by atomic mass is 16.6. The average Bonchev–Trinajstić information content (AvgIpc) is 2.34. The molecule has 0 amide bonds. The van der Waals surface area contributed by atoms with Gasteiger partial charge in [0.2, 0.25) is 0 Å². The minimum Gasteiger partial charge on any atom is -0.494 e. The van der Waals surface area contributed by atoms with Crippen LogP contribution in [-0.2, 0) is 9.47 Å². The van der Waals surface area contributed by atoms with E-state index in [1.807, 2.05) is 6.92 Å². The highest BCUT2D eigenvalue weighted by Gasteiger charge is 2.15. The van der Waals surface area contributed by atoms with E-state index in [2.05, 4.69) is 0 Å². The summed E-state index contributed by atoms with van der Waals surface area (Å²) in [6.45, 7) is 3.07. The van der Waals surface area contributed by atoms with Crippen LogP contribution in [-0.4, -0.2) is 32.9 Å². The van der Waals surface area contributed by atoms with Crippen molar-refractivity contribution in [2.24, 2.45) is 0 Å². The van der Waals surface area contributed by atoms with Gasteiger partial charge in [-0.1, -0.05) is 6.07 Å². The third-order valence-corrected chi connectivity index (χ3v) is 2.13. The highest BCUT2D eigenvalue weighted by Crippen LogP contribution is 2.26. The maximum atomic E-state index is 11.7. The van der Waals surface area contributed by atoms with Gasteiger partial charge >= 0.3 is 5.97 Å². The van der Waals surface area contributed by atoms with E-state index in [1.54, 1.807) is 18.2 Å². The lowest BCUT2D eigenvalue weighted by molar-refractivity contribution is 0.0332. The number of esters is 1. The Morgan fingerprint density at radius 2 is 2.12 bits per heavy atom. The van der Waals surface area contributed by atoms with Gasteiger partial charge in [0, 0.05) is 6.61 Å². The van der Waals surface area contributed by atoms with Crippen LogP contribution in [0.4, 0.5) is 5.69 Å². The third-order valence-electron chi connectivity index (χ3n) is 2.13. The summed E-state index contributed by atoms with van der Waals surface area (Å²) in [5.74, 6) is -0.122. The van der Waals surface area contributed by atoms with E-state index in [-0.39, 0.29) is 6.61 Å². The van der Waals surface area contributed by atoms with Crippen LogP contribution in [0.3, 0.4) is 0 Å². The number of nitrogens with two attached hydrogens (primary N) is 1. The molecular weight excluding hydrogens is 222 g/mol. The van der Waals surface area contributed by atoms with Gasteiger partial charge in [-0.25, -0.2) is 4.79 Å². The first-order valence-corrected chi connectivity index (χ1v) is 5.38. The summed E-state index contributed by atoms with van der Waals surface area (Å²) in [6.07, 6.45) is 0. The van der Waals surface area contributed by atoms with Crippen molar-refractivity contribution in [2.75, 3.05) is 32.7 Å². The fourth-order valence-electron chi connectivity index (χ4n) is 1.36. The van der Waals surface area contributed by atoms with Gasteiger partial charge < -0.3 is 19.9 Å². The van der Waals surface area contributed by atoms with Gasteiger partial charge in [-0.15, -0.1) is 0 Å². The topological polar surface area (TPSA) is 70.8 Å². The number of anilines is 1. The molecule has 1 rings (SSSR count). The smallest absolute Gasteiger partial charge is 0.342 e. The fraction of sp³-hybridized carbons (Fsp3) is 0.417. The first kappa shape index (κ1) is 13.3. The molecule has 5 nitrogen and oxygen atoms in total. The molecule has 0 heterocycles. The normalized spacial score (nSPS) is 10.0. The highest BCUT2D eigenvalue weighted by molar-refractivity contribution is 5.94. The third kappa shape index (κ3) is 3.64. The van der Waals surface area contributed by atoms with Crippen LogP contribution >= 0.6 is 0 Å². The van der Waals surface area contributed by atoms with E-state index in [0.717, 1.165) is 0 Å². The molecule has 0 aromatic heterocycles. The van der Waals surface area contributed by atoms with Crippen molar-refractivity contribution in [2.45, 2.75) is 6.92 Å². The number of nitrogen functional groups attached to an aromatic ring is 1. The predicted molar refractivity (Wildman–Crippen MR) is 64.2 cm³/mol. The molecule has 2 N–H and O–H groups in total. The molecule has 5 heteroatoms. The summed E-state index contributed by atoms with van der Waals surface area (Å²) >= 11 is 0. The zero-order valence-corrected chi connectivity index (χ0v) is 10.1. The summed E-state index contributed by atoms with van der Waals surface area (Å²) in [5.41, 5.74) is 6.42. The molecule has 0 fully saturated rings. The Morgan fingerprint density at radius 3 is 2.76 bits per heavy atom. The molecule has 0 unspecified atom stereocenters. The van der Waals surface area contributed by atoms with Gasteiger partial charge in [-0.2, -0.15) is 0 Å². The molecule has 0 saturated carbocycles. The maximum absolute atomic E-state index is 11.7. The van der Waals surface area contributed by atoms with Gasteiger partial charge in [-0.05, 0) is 19.1 Å². The molecule has 0 aliphatic rings. The Kier molecular flexibility index (Phi) is 5.29. The molecule has 0 bridgehead atoms. The fourth-order valence-corrected chi connectivity index (χ4v) is 1.36. The number of carbonyl (C=O) groups excluding carboxylic acids is 1. The van der Waals surface area contributed by atoms with Gasteiger partial charge in [0.1, 0.15) is 12.2 Å². The summed E-state index contributed by atoms with van der Waals surface area (Å²) in [6, 6.07) is 4.95. The zero-order valence-electron chi connectivity index (χ0n) is 10.1. The number of benzene rings is 1. The van der Waals surface area contributed by atoms with Crippen LogP contribution in [0.1, 0.15) is 17.3 Å². The number of carbonyl (C=O) groups is 1. The van der Waals surface area contributed by atoms with Crippen molar-refractivity contribution in [3.63, 3.8) is 0 Å². The number of methoxy groups -OCH3 is 1. The molecule has 94 valence electrons. The molecule has 0 aliphatic carbocycles. The minimum atomic E-state index is -0.464. The molecule has 0 spiro atoms. The lowest BCUT2D eigenvalue weighted by atomic mass is 10.2. The Morgan fingerprint density at radius 1 is 1.35 bits per heavy atom. The molecule has 17 heavy (non-hydrogen) atoms. The Balaban J connectivity index is 2.65. The van der Waals surface area contributed by atoms with E-state index in [9.17, 15) is 4.79 Å². The number of hydrogen-bond donors (Lipinski definition) is 1. The van der Waals surface area contributed by atoms with E-state index in [0.29, 0.717) is 30.2 Å². The van der Waals surface area contributed by atoms with Crippen molar-refractivity contribution >= 4 is 11.7 Å². The summed E-state index contributed by atoms with van der Waals surface area (Å²) in [4.78, 5) is 11.7. The van der Waals surface area contributed by atoms with E-state index < -0.39 is 5.97 Å². The minimum absolute atomic E-state index is 0.213. The van der Waals surface area contributed by atoms with Gasteiger partial charge in [0.15, 0.2) is 5.75 Å². The number of para-hydroxylation sites is 1. The first-order chi connectivity index (χ1) is 8.20. The van der Waals surface area contributed by atoms with Crippen molar-refractivity contribution in [1.82, 2.24) is 0 Å². The molecule has 0 radical (unpaired) electrons. The van der Waals surface area contributed by atoms with Crippen LogP contribution in [0.5, 0.6) is 5.75 Å². The molecule has 1 aromatic rings. The second kappa shape index (κ2) is 6.75. The maximum Gasteiger partial charge on any atom is 0.342 e. The van der Waals surface area contributed by atoms with E-state index in [1.165, 1.54) is 7.11 Å². The number of hydrogen-bond acceptors (Lipinski definition) is 5. The van der Waals surface area contributed by atoms with Gasteiger partial charge in [0.25, 0.3) is 0 Å². The quantitative estimate of drug-likeness (QED) is 0.462.